The first-order valence-electron chi connectivity index (χ1n) is 4.67. The van der Waals surface area contributed by atoms with Gasteiger partial charge in [-0.15, -0.1) is 12.4 Å². The number of esters is 1. The van der Waals surface area contributed by atoms with Gasteiger partial charge in [-0.05, 0) is 19.1 Å². The highest BCUT2D eigenvalue weighted by atomic mass is 35.5. The standard InChI is InChI=1S/C10H16N2O2.ClH/c1-3-14-10(13)7-8(11)9-5-4-6-12(9)2;/h4-6,8H,3,7,11H2,1-2H3;1H/t8-;/m0./s1. The summed E-state index contributed by atoms with van der Waals surface area (Å²) in [6.07, 6.45) is 2.13. The second-order valence-electron chi connectivity index (χ2n) is 3.16. The Kier molecular flexibility index (Phi) is 6.05. The van der Waals surface area contributed by atoms with Crippen LogP contribution in [0.5, 0.6) is 0 Å². The fourth-order valence-electron chi connectivity index (χ4n) is 1.36. The van der Waals surface area contributed by atoms with Crippen LogP contribution >= 0.6 is 12.4 Å². The lowest BCUT2D eigenvalue weighted by atomic mass is 10.1. The fraction of sp³-hybridized carbons (Fsp3) is 0.500. The first kappa shape index (κ1) is 14.0. The number of aromatic nitrogens is 1. The molecule has 0 unspecified atom stereocenters. The van der Waals surface area contributed by atoms with Gasteiger partial charge >= 0.3 is 5.97 Å². The van der Waals surface area contributed by atoms with Crippen molar-refractivity contribution in [1.82, 2.24) is 4.57 Å². The van der Waals surface area contributed by atoms with E-state index in [0.717, 1.165) is 5.69 Å². The molecule has 0 aliphatic carbocycles. The summed E-state index contributed by atoms with van der Waals surface area (Å²) in [5, 5.41) is 0. The quantitative estimate of drug-likeness (QED) is 0.799. The molecule has 86 valence electrons. The number of hydrogen-bond acceptors (Lipinski definition) is 3. The molecule has 1 aromatic heterocycles. The Morgan fingerprint density at radius 2 is 2.33 bits per heavy atom. The summed E-state index contributed by atoms with van der Waals surface area (Å²) in [5.74, 6) is -0.249. The second kappa shape index (κ2) is 6.48. The van der Waals surface area contributed by atoms with Crippen molar-refractivity contribution in [2.45, 2.75) is 19.4 Å². The number of halogens is 1. The van der Waals surface area contributed by atoms with Gasteiger partial charge in [0, 0.05) is 18.9 Å². The van der Waals surface area contributed by atoms with Crippen molar-refractivity contribution < 1.29 is 9.53 Å². The molecule has 1 aromatic rings. The Hall–Kier alpha value is -1.00. The summed E-state index contributed by atoms with van der Waals surface area (Å²) < 4.78 is 6.73. The number of hydrogen-bond donors (Lipinski definition) is 1. The van der Waals surface area contributed by atoms with Crippen LogP contribution in [0.1, 0.15) is 25.1 Å². The fourth-order valence-corrected chi connectivity index (χ4v) is 1.36. The van der Waals surface area contributed by atoms with Gasteiger partial charge in [-0.25, -0.2) is 0 Å². The molecule has 4 nitrogen and oxygen atoms in total. The molecule has 1 heterocycles. The SMILES string of the molecule is CCOC(=O)C[C@H](N)c1cccn1C.Cl. The highest BCUT2D eigenvalue weighted by Crippen LogP contribution is 2.14. The molecule has 0 aromatic carbocycles. The predicted molar refractivity (Wildman–Crippen MR) is 60.8 cm³/mol. The van der Waals surface area contributed by atoms with Crippen LogP contribution in [-0.4, -0.2) is 17.1 Å². The smallest absolute Gasteiger partial charge is 0.307 e. The summed E-state index contributed by atoms with van der Waals surface area (Å²) in [6, 6.07) is 3.53. The van der Waals surface area contributed by atoms with E-state index in [1.165, 1.54) is 0 Å². The third-order valence-electron chi connectivity index (χ3n) is 2.06. The lowest BCUT2D eigenvalue weighted by Crippen LogP contribution is -2.19. The van der Waals surface area contributed by atoms with Crippen molar-refractivity contribution in [3.8, 4) is 0 Å². The van der Waals surface area contributed by atoms with E-state index >= 15 is 0 Å². The van der Waals surface area contributed by atoms with E-state index in [1.54, 1.807) is 6.92 Å². The van der Waals surface area contributed by atoms with Gasteiger partial charge in [0.1, 0.15) is 0 Å². The van der Waals surface area contributed by atoms with E-state index in [9.17, 15) is 4.79 Å². The van der Waals surface area contributed by atoms with Crippen LogP contribution < -0.4 is 5.73 Å². The largest absolute Gasteiger partial charge is 0.466 e. The van der Waals surface area contributed by atoms with Crippen LogP contribution in [0.25, 0.3) is 0 Å². The van der Waals surface area contributed by atoms with Gasteiger partial charge in [0.25, 0.3) is 0 Å². The molecule has 0 spiro atoms. The van der Waals surface area contributed by atoms with Gasteiger partial charge in [0.05, 0.1) is 19.1 Å². The van der Waals surface area contributed by atoms with Gasteiger partial charge in [-0.2, -0.15) is 0 Å². The minimum atomic E-state index is -0.283. The molecule has 1 atom stereocenters. The maximum Gasteiger partial charge on any atom is 0.307 e. The molecule has 0 aliphatic rings. The zero-order valence-corrected chi connectivity index (χ0v) is 9.79. The second-order valence-corrected chi connectivity index (χ2v) is 3.16. The van der Waals surface area contributed by atoms with Gasteiger partial charge in [0.15, 0.2) is 0 Å². The van der Waals surface area contributed by atoms with Crippen LogP contribution in [0, 0.1) is 0 Å². The molecule has 2 N–H and O–H groups in total. The van der Waals surface area contributed by atoms with Crippen LogP contribution in [0.3, 0.4) is 0 Å². The number of aryl methyl sites for hydroxylation is 1. The molecule has 0 radical (unpaired) electrons. The lowest BCUT2D eigenvalue weighted by molar-refractivity contribution is -0.143. The van der Waals surface area contributed by atoms with Gasteiger partial charge in [-0.1, -0.05) is 0 Å². The Bertz CT molecular complexity index is 312. The van der Waals surface area contributed by atoms with Crippen molar-refractivity contribution in [3.63, 3.8) is 0 Å². The lowest BCUT2D eigenvalue weighted by Gasteiger charge is -2.11. The molecule has 0 fully saturated rings. The van der Waals surface area contributed by atoms with Gasteiger partial charge in [0.2, 0.25) is 0 Å². The topological polar surface area (TPSA) is 57.2 Å². The molecule has 0 amide bonds. The van der Waals surface area contributed by atoms with E-state index in [4.69, 9.17) is 10.5 Å². The molecular weight excluding hydrogens is 216 g/mol. The average molecular weight is 233 g/mol. The first-order valence-corrected chi connectivity index (χ1v) is 4.67. The monoisotopic (exact) mass is 232 g/mol. The van der Waals surface area contributed by atoms with Crippen LogP contribution in [-0.2, 0) is 16.6 Å². The number of rotatable bonds is 4. The highest BCUT2D eigenvalue weighted by molar-refractivity contribution is 5.85. The average Bonchev–Trinajstić information content (AvgIpc) is 2.51. The highest BCUT2D eigenvalue weighted by Gasteiger charge is 2.14. The Morgan fingerprint density at radius 3 is 2.80 bits per heavy atom. The zero-order valence-electron chi connectivity index (χ0n) is 8.97. The van der Waals surface area contributed by atoms with Gasteiger partial charge < -0.3 is 15.0 Å². The summed E-state index contributed by atoms with van der Waals surface area (Å²) in [4.78, 5) is 11.1. The van der Waals surface area contributed by atoms with E-state index in [2.05, 4.69) is 0 Å². The van der Waals surface area contributed by atoms with E-state index in [1.807, 2.05) is 29.9 Å². The van der Waals surface area contributed by atoms with E-state index < -0.39 is 0 Å². The first-order chi connectivity index (χ1) is 6.65. The van der Waals surface area contributed by atoms with Gasteiger partial charge in [-0.3, -0.25) is 4.79 Å². The van der Waals surface area contributed by atoms with E-state index in [-0.39, 0.29) is 30.8 Å². The molecule has 0 bridgehead atoms. The molecule has 0 saturated carbocycles. The predicted octanol–water partition coefficient (Wildman–Crippen LogP) is 1.40. The van der Waals surface area contributed by atoms with Crippen LogP contribution in [0.2, 0.25) is 0 Å². The van der Waals surface area contributed by atoms with Crippen molar-refractivity contribution in [2.24, 2.45) is 12.8 Å². The van der Waals surface area contributed by atoms with Crippen molar-refractivity contribution in [1.29, 1.82) is 0 Å². The number of ether oxygens (including phenoxy) is 1. The third-order valence-corrected chi connectivity index (χ3v) is 2.06. The molecule has 1 rings (SSSR count). The van der Waals surface area contributed by atoms with Crippen molar-refractivity contribution >= 4 is 18.4 Å². The molecular formula is C10H17ClN2O2. The van der Waals surface area contributed by atoms with Crippen molar-refractivity contribution in [3.05, 3.63) is 24.0 Å². The summed E-state index contributed by atoms with van der Waals surface area (Å²) in [6.45, 7) is 2.19. The Labute approximate surface area is 95.8 Å². The van der Waals surface area contributed by atoms with Crippen LogP contribution in [0.15, 0.2) is 18.3 Å². The Morgan fingerprint density at radius 1 is 1.67 bits per heavy atom. The normalized spacial score (nSPS) is 11.7. The van der Waals surface area contributed by atoms with Crippen LogP contribution in [0.4, 0.5) is 0 Å². The third kappa shape index (κ3) is 3.93. The number of nitrogens with zero attached hydrogens (tertiary/aromatic N) is 1. The molecule has 5 heteroatoms. The maximum absolute atomic E-state index is 11.1. The minimum absolute atomic E-state index is 0. The maximum atomic E-state index is 11.1. The molecule has 15 heavy (non-hydrogen) atoms. The number of carbonyl (C=O) groups is 1. The van der Waals surface area contributed by atoms with E-state index in [0.29, 0.717) is 6.61 Å². The zero-order chi connectivity index (χ0) is 10.6. The molecule has 0 saturated heterocycles. The summed E-state index contributed by atoms with van der Waals surface area (Å²) in [5.41, 5.74) is 6.79. The minimum Gasteiger partial charge on any atom is -0.466 e. The number of carbonyl (C=O) groups excluding carboxylic acids is 1. The summed E-state index contributed by atoms with van der Waals surface area (Å²) in [7, 11) is 1.90. The Balaban J connectivity index is 0.00000196. The molecule has 0 aliphatic heterocycles. The van der Waals surface area contributed by atoms with Crippen molar-refractivity contribution in [2.75, 3.05) is 6.61 Å². The summed E-state index contributed by atoms with van der Waals surface area (Å²) >= 11 is 0. The number of nitrogens with two attached hydrogens (primary N) is 1.